The van der Waals surface area contributed by atoms with Crippen LogP contribution in [0.15, 0.2) is 74.8 Å². The maximum atomic E-state index is 12.6. The van der Waals surface area contributed by atoms with Crippen LogP contribution in [0.4, 0.5) is 0 Å². The van der Waals surface area contributed by atoms with Crippen molar-refractivity contribution in [2.75, 3.05) is 20.1 Å². The summed E-state index contributed by atoms with van der Waals surface area (Å²) in [6, 6.07) is 18.6. The molecule has 0 atom stereocenters. The van der Waals surface area contributed by atoms with Crippen molar-refractivity contribution in [3.8, 4) is 17.2 Å². The van der Waals surface area contributed by atoms with E-state index in [0.29, 0.717) is 18.8 Å². The third-order valence-corrected chi connectivity index (χ3v) is 5.08. The molecule has 0 aliphatic heterocycles. The van der Waals surface area contributed by atoms with E-state index in [-0.39, 0.29) is 17.4 Å². The van der Waals surface area contributed by atoms with E-state index in [9.17, 15) is 14.4 Å². The SMILES string of the molecule is CN(CCNC(=O)c1nc(-c2nn(-c3ccccc3)c(=O)n(C)c2=O)no1)Cc1ccccc1. The summed E-state index contributed by atoms with van der Waals surface area (Å²) in [4.78, 5) is 43.6. The topological polar surface area (TPSA) is 128 Å². The molecular formula is C23H23N7O4. The van der Waals surface area contributed by atoms with Gasteiger partial charge in [-0.05, 0) is 24.7 Å². The molecule has 0 radical (unpaired) electrons. The van der Waals surface area contributed by atoms with E-state index >= 15 is 0 Å². The third-order valence-electron chi connectivity index (χ3n) is 5.08. The highest BCUT2D eigenvalue weighted by Crippen LogP contribution is 2.10. The number of likely N-dealkylation sites (N-methyl/N-ethyl adjacent to an activating group) is 1. The van der Waals surface area contributed by atoms with Gasteiger partial charge in [0.2, 0.25) is 5.82 Å². The maximum absolute atomic E-state index is 12.6. The first-order valence-electron chi connectivity index (χ1n) is 10.5. The summed E-state index contributed by atoms with van der Waals surface area (Å²) in [5, 5.41) is 10.6. The van der Waals surface area contributed by atoms with Gasteiger partial charge in [0.25, 0.3) is 5.56 Å². The monoisotopic (exact) mass is 461 g/mol. The van der Waals surface area contributed by atoms with Crippen molar-refractivity contribution < 1.29 is 9.32 Å². The van der Waals surface area contributed by atoms with Gasteiger partial charge in [-0.1, -0.05) is 53.7 Å². The van der Waals surface area contributed by atoms with E-state index in [0.717, 1.165) is 15.8 Å². The number of rotatable bonds is 8. The van der Waals surface area contributed by atoms with Gasteiger partial charge in [-0.15, -0.1) is 0 Å². The molecule has 34 heavy (non-hydrogen) atoms. The van der Waals surface area contributed by atoms with E-state index in [4.69, 9.17) is 4.52 Å². The number of carbonyl (C=O) groups is 1. The molecule has 0 spiro atoms. The van der Waals surface area contributed by atoms with E-state index in [2.05, 4.69) is 25.5 Å². The summed E-state index contributed by atoms with van der Waals surface area (Å²) in [6.07, 6.45) is 0. The third kappa shape index (κ3) is 4.99. The fourth-order valence-electron chi connectivity index (χ4n) is 3.27. The van der Waals surface area contributed by atoms with Gasteiger partial charge in [0.15, 0.2) is 5.69 Å². The summed E-state index contributed by atoms with van der Waals surface area (Å²) in [5.74, 6) is -1.06. The van der Waals surface area contributed by atoms with E-state index in [1.54, 1.807) is 30.3 Å². The lowest BCUT2D eigenvalue weighted by Gasteiger charge is -2.16. The molecule has 2 heterocycles. The first-order chi connectivity index (χ1) is 16.4. The number of para-hydroxylation sites is 1. The highest BCUT2D eigenvalue weighted by Gasteiger charge is 2.21. The second-order valence-corrected chi connectivity index (χ2v) is 7.65. The molecule has 0 unspecified atom stereocenters. The number of nitrogens with zero attached hydrogens (tertiary/aromatic N) is 6. The van der Waals surface area contributed by atoms with Crippen LogP contribution in [0.25, 0.3) is 17.2 Å². The number of carbonyl (C=O) groups excluding carboxylic acids is 1. The van der Waals surface area contributed by atoms with Crippen LogP contribution in [0.1, 0.15) is 16.2 Å². The Hall–Kier alpha value is -4.38. The molecule has 2 aromatic heterocycles. The Morgan fingerprint density at radius 3 is 2.44 bits per heavy atom. The predicted octanol–water partition coefficient (Wildman–Crippen LogP) is 0.843. The van der Waals surface area contributed by atoms with Crippen LogP contribution in [0.5, 0.6) is 0 Å². The van der Waals surface area contributed by atoms with Crippen molar-refractivity contribution in [2.24, 2.45) is 7.05 Å². The Morgan fingerprint density at radius 2 is 1.74 bits per heavy atom. The van der Waals surface area contributed by atoms with E-state index in [1.807, 2.05) is 37.4 Å². The first kappa shape index (κ1) is 22.8. The number of amides is 1. The largest absolute Gasteiger partial charge is 0.351 e. The van der Waals surface area contributed by atoms with Crippen LogP contribution in [0.3, 0.4) is 0 Å². The lowest BCUT2D eigenvalue weighted by molar-refractivity contribution is 0.0905. The highest BCUT2D eigenvalue weighted by atomic mass is 16.5. The fourth-order valence-corrected chi connectivity index (χ4v) is 3.27. The molecule has 0 fully saturated rings. The molecule has 11 heteroatoms. The summed E-state index contributed by atoms with van der Waals surface area (Å²) < 4.78 is 7.00. The van der Waals surface area contributed by atoms with Gasteiger partial charge in [-0.2, -0.15) is 14.8 Å². The molecule has 4 aromatic rings. The molecule has 0 aliphatic rings. The van der Waals surface area contributed by atoms with Gasteiger partial charge in [0.05, 0.1) is 5.69 Å². The molecule has 174 valence electrons. The average Bonchev–Trinajstić information content (AvgIpc) is 3.34. The van der Waals surface area contributed by atoms with Gasteiger partial charge in [-0.3, -0.25) is 14.2 Å². The highest BCUT2D eigenvalue weighted by molar-refractivity contribution is 5.89. The normalized spacial score (nSPS) is 11.0. The zero-order valence-electron chi connectivity index (χ0n) is 18.7. The van der Waals surface area contributed by atoms with Crippen LogP contribution in [0, 0.1) is 0 Å². The van der Waals surface area contributed by atoms with Crippen molar-refractivity contribution in [1.82, 2.24) is 34.7 Å². The summed E-state index contributed by atoms with van der Waals surface area (Å²) in [7, 11) is 3.28. The van der Waals surface area contributed by atoms with E-state index in [1.165, 1.54) is 12.6 Å². The Labute approximate surface area is 194 Å². The number of hydrogen-bond donors (Lipinski definition) is 1. The van der Waals surface area contributed by atoms with Crippen LogP contribution in [-0.2, 0) is 13.6 Å². The maximum Gasteiger partial charge on any atom is 0.351 e. The van der Waals surface area contributed by atoms with Crippen molar-refractivity contribution in [1.29, 1.82) is 0 Å². The second-order valence-electron chi connectivity index (χ2n) is 7.65. The smallest absolute Gasteiger partial charge is 0.347 e. The lowest BCUT2D eigenvalue weighted by atomic mass is 10.2. The number of benzene rings is 2. The van der Waals surface area contributed by atoms with Gasteiger partial charge in [0.1, 0.15) is 0 Å². The van der Waals surface area contributed by atoms with Gasteiger partial charge in [0, 0.05) is 26.7 Å². The van der Waals surface area contributed by atoms with Crippen LogP contribution >= 0.6 is 0 Å². The summed E-state index contributed by atoms with van der Waals surface area (Å²) in [5.41, 5.74) is 0.0964. The minimum absolute atomic E-state index is 0.184. The standard InChI is InChI=1S/C23H23N7O4/c1-28(15-16-9-5-3-6-10-16)14-13-24-20(31)21-25-19(27-34-21)18-22(32)29(2)23(33)30(26-18)17-11-7-4-8-12-17/h3-12H,13-15H2,1-2H3,(H,24,31). The Kier molecular flexibility index (Phi) is 6.74. The van der Waals surface area contributed by atoms with Crippen LogP contribution in [-0.4, -0.2) is 55.4 Å². The molecule has 11 nitrogen and oxygen atoms in total. The molecular weight excluding hydrogens is 438 g/mol. The number of hydrogen-bond acceptors (Lipinski definition) is 8. The lowest BCUT2D eigenvalue weighted by Crippen LogP contribution is -2.40. The van der Waals surface area contributed by atoms with Crippen LogP contribution in [0.2, 0.25) is 0 Å². The van der Waals surface area contributed by atoms with Crippen molar-refractivity contribution in [2.45, 2.75) is 6.54 Å². The number of nitrogens with one attached hydrogen (secondary N) is 1. The quantitative estimate of drug-likeness (QED) is 0.409. The average molecular weight is 461 g/mol. The van der Waals surface area contributed by atoms with Gasteiger partial charge in [-0.25, -0.2) is 4.79 Å². The summed E-state index contributed by atoms with van der Waals surface area (Å²) in [6.45, 7) is 1.71. The fraction of sp³-hybridized carbons (Fsp3) is 0.217. The zero-order chi connectivity index (χ0) is 24.1. The molecule has 1 N–H and O–H groups in total. The Balaban J connectivity index is 1.46. The molecule has 1 amide bonds. The zero-order valence-corrected chi connectivity index (χ0v) is 18.7. The van der Waals surface area contributed by atoms with Crippen LogP contribution < -0.4 is 16.6 Å². The molecule has 4 rings (SSSR count). The molecule has 0 bridgehead atoms. The van der Waals surface area contributed by atoms with Gasteiger partial charge < -0.3 is 14.7 Å². The predicted molar refractivity (Wildman–Crippen MR) is 123 cm³/mol. The van der Waals surface area contributed by atoms with Crippen molar-refractivity contribution >= 4 is 5.91 Å². The minimum Gasteiger partial charge on any atom is -0.347 e. The summed E-state index contributed by atoms with van der Waals surface area (Å²) >= 11 is 0. The molecule has 2 aromatic carbocycles. The van der Waals surface area contributed by atoms with E-state index < -0.39 is 17.2 Å². The first-order valence-corrected chi connectivity index (χ1v) is 10.5. The molecule has 0 aliphatic carbocycles. The molecule has 0 saturated carbocycles. The molecule has 0 saturated heterocycles. The Bertz CT molecular complexity index is 1390. The Morgan fingerprint density at radius 1 is 1.06 bits per heavy atom. The van der Waals surface area contributed by atoms with Crippen molar-refractivity contribution in [3.05, 3.63) is 93.0 Å². The number of aromatic nitrogens is 5. The second kappa shape index (κ2) is 10.0. The van der Waals surface area contributed by atoms with Crippen molar-refractivity contribution in [3.63, 3.8) is 0 Å². The van der Waals surface area contributed by atoms with Gasteiger partial charge >= 0.3 is 17.5 Å². The minimum atomic E-state index is -0.701.